The highest BCUT2D eigenvalue weighted by atomic mass is 32.3. The molecule has 0 saturated carbocycles. The second kappa shape index (κ2) is 23.2. The van der Waals surface area contributed by atoms with Gasteiger partial charge in [0, 0.05) is 15.8 Å². The molecule has 2 rings (SSSR count). The van der Waals surface area contributed by atoms with Crippen LogP contribution in [0.5, 0.6) is 0 Å². The Bertz CT molecular complexity index is 1630. The number of carbonyl (C=O) groups is 2. The topological polar surface area (TPSA) is 252 Å². The molecule has 2 N–H and O–H groups in total. The van der Waals surface area contributed by atoms with Gasteiger partial charge in [-0.1, -0.05) is 69.2 Å². The monoisotopic (exact) mass is 861 g/mol. The van der Waals surface area contributed by atoms with E-state index in [1.807, 2.05) is 64.2 Å². The van der Waals surface area contributed by atoms with Gasteiger partial charge < -0.3 is 9.47 Å². The number of nitrogens with zero attached hydrogens (tertiary/aromatic N) is 2. The molecule has 310 valence electrons. The third kappa shape index (κ3) is 20.4. The van der Waals surface area contributed by atoms with Crippen LogP contribution in [0.25, 0.3) is 0 Å². The summed E-state index contributed by atoms with van der Waals surface area (Å²) in [4.78, 5) is 47.3. The zero-order valence-corrected chi connectivity index (χ0v) is 33.6. The van der Waals surface area contributed by atoms with Crippen LogP contribution in [-0.4, -0.2) is 64.0 Å². The third-order valence-corrected chi connectivity index (χ3v) is 10.2. The van der Waals surface area contributed by atoms with E-state index in [1.165, 1.54) is 36.5 Å². The molecule has 0 unspecified atom stereocenters. The Kier molecular flexibility index (Phi) is 24.5. The summed E-state index contributed by atoms with van der Waals surface area (Å²) in [6.45, 7) is 20.2. The quantitative estimate of drug-likeness (QED) is 0.0976. The first-order valence-corrected chi connectivity index (χ1v) is 18.6. The summed E-state index contributed by atoms with van der Waals surface area (Å²) in [7, 11) is -11.1. The fourth-order valence-corrected chi connectivity index (χ4v) is 5.92. The highest BCUT2D eigenvalue weighted by Crippen LogP contribution is 2.37. The zero-order valence-electron chi connectivity index (χ0n) is 30.3. The Morgan fingerprint density at radius 1 is 0.717 bits per heavy atom. The second-order valence-corrected chi connectivity index (χ2v) is 15.8. The summed E-state index contributed by atoms with van der Waals surface area (Å²) in [5.74, 6) is 3.06. The van der Waals surface area contributed by atoms with Gasteiger partial charge in [0.25, 0.3) is 5.69 Å². The van der Waals surface area contributed by atoms with E-state index in [9.17, 15) is 62.9 Å². The number of carbonyl (C=O) groups excluding carboxylic acids is 2. The second-order valence-electron chi connectivity index (χ2n) is 10.4. The number of halogens is 6. The van der Waals surface area contributed by atoms with Crippen LogP contribution in [0.1, 0.15) is 98.3 Å². The van der Waals surface area contributed by atoms with Crippen molar-refractivity contribution in [3.8, 4) is 0 Å². The van der Waals surface area contributed by atoms with Crippen molar-refractivity contribution in [1.82, 2.24) is 0 Å². The molecule has 0 bridgehead atoms. The molecule has 2 aromatic rings. The van der Waals surface area contributed by atoms with E-state index in [-0.39, 0.29) is 27.4 Å². The maximum absolute atomic E-state index is 11.4. The van der Waals surface area contributed by atoms with Gasteiger partial charge in [-0.25, -0.2) is 14.5 Å². The molecule has 2 heterocycles. The maximum Gasteiger partial charge on any atom is 0.524 e. The van der Waals surface area contributed by atoms with Crippen LogP contribution in [0, 0.1) is 20.2 Å². The highest BCUT2D eigenvalue weighted by molar-refractivity contribution is 8.00. The molecule has 0 aliphatic rings. The largest absolute Gasteiger partial charge is 0.524 e. The normalized spacial score (nSPS) is 11.4. The van der Waals surface area contributed by atoms with Gasteiger partial charge in [-0.3, -0.25) is 10.1 Å². The lowest BCUT2D eigenvalue weighted by Crippen LogP contribution is -2.34. The first-order chi connectivity index (χ1) is 23.7. The molecule has 0 spiro atoms. The van der Waals surface area contributed by atoms with Crippen LogP contribution in [-0.2, 0) is 49.1 Å². The molecule has 2 aromatic heterocycles. The summed E-state index contributed by atoms with van der Waals surface area (Å²) in [5.41, 5.74) is -12.8. The molecule has 0 amide bonds. The average Bonchev–Trinajstić information content (AvgIpc) is 3.71. The van der Waals surface area contributed by atoms with Crippen LogP contribution in [0.15, 0.2) is 18.2 Å². The van der Waals surface area contributed by atoms with E-state index in [0.717, 1.165) is 16.2 Å². The Morgan fingerprint density at radius 3 is 1.32 bits per heavy atom. The number of hydrogen-bond acceptors (Lipinski definition) is 17. The van der Waals surface area contributed by atoms with E-state index in [1.54, 1.807) is 0 Å². The number of ether oxygens (including phenoxy) is 2. The summed E-state index contributed by atoms with van der Waals surface area (Å²) < 4.78 is 119. The molecular weight excluding hydrogens is 821 g/mol. The first kappa shape index (κ1) is 56.1. The Morgan fingerprint density at radius 2 is 1.08 bits per heavy atom. The molecule has 0 aliphatic heterocycles. The fraction of sp³-hybridized carbons (Fsp3) is 0.615. The number of nitrogens with two attached hydrogens (primary N) is 1. The minimum atomic E-state index is -6.85. The third-order valence-electron chi connectivity index (χ3n) is 4.58. The molecule has 0 aliphatic carbocycles. The maximum atomic E-state index is 11.4. The van der Waals surface area contributed by atoms with Crippen molar-refractivity contribution in [3.63, 3.8) is 0 Å². The Labute approximate surface area is 309 Å². The molecular formula is C26H41F6N3O14S4. The van der Waals surface area contributed by atoms with Crippen molar-refractivity contribution in [2.45, 2.75) is 91.1 Å². The number of nitro groups is 1. The van der Waals surface area contributed by atoms with E-state index in [4.69, 9.17) is 10.1 Å². The van der Waals surface area contributed by atoms with Crippen LogP contribution < -0.4 is 5.90 Å². The summed E-state index contributed by atoms with van der Waals surface area (Å²) in [6, 6.07) is 5.24. The van der Waals surface area contributed by atoms with E-state index in [0.29, 0.717) is 4.88 Å². The Hall–Kier alpha value is -3.66. The van der Waals surface area contributed by atoms with E-state index < -0.39 is 47.2 Å². The van der Waals surface area contributed by atoms with Crippen molar-refractivity contribution < 1.29 is 80.8 Å². The number of rotatable bonds is 6. The van der Waals surface area contributed by atoms with Gasteiger partial charge in [-0.15, -0.1) is 36.4 Å². The van der Waals surface area contributed by atoms with Crippen molar-refractivity contribution in [2.24, 2.45) is 5.90 Å². The predicted octanol–water partition coefficient (Wildman–Crippen LogP) is 7.40. The van der Waals surface area contributed by atoms with Crippen LogP contribution in [0.4, 0.5) is 32.0 Å². The van der Waals surface area contributed by atoms with Crippen LogP contribution in [0.2, 0.25) is 0 Å². The molecule has 0 atom stereocenters. The Balaban J connectivity index is -0.000000306. The van der Waals surface area contributed by atoms with Crippen molar-refractivity contribution in [1.29, 1.82) is 0 Å². The summed E-state index contributed by atoms with van der Waals surface area (Å²) in [6.07, 6.45) is 0. The van der Waals surface area contributed by atoms with Crippen molar-refractivity contribution in [2.75, 3.05) is 14.2 Å². The lowest BCUT2D eigenvalue weighted by molar-refractivity contribution is -0.762. The SMILES string of the molecule is CC.CC.COC(=O)c1ccc(C(C)(C)C)s1.COC(=O)c1sc(C(C)(C)C)cc1[N+](=O)[O-].NO[N+](=O)[O-].O=S(=O)(OS(=O)(=O)C(F)(F)F)C(F)(F)F. The van der Waals surface area contributed by atoms with Gasteiger partial charge in [-0.2, -0.15) is 49.1 Å². The lowest BCUT2D eigenvalue weighted by atomic mass is 9.95. The van der Waals surface area contributed by atoms with Gasteiger partial charge >= 0.3 is 48.3 Å². The van der Waals surface area contributed by atoms with E-state index >= 15 is 0 Å². The average molecular weight is 862 g/mol. The number of methoxy groups -OCH3 is 2. The lowest BCUT2D eigenvalue weighted by Gasteiger charge is -2.15. The molecule has 17 nitrogen and oxygen atoms in total. The van der Waals surface area contributed by atoms with Gasteiger partial charge in [0.15, 0.2) is 4.88 Å². The van der Waals surface area contributed by atoms with Gasteiger partial charge in [0.05, 0.1) is 19.1 Å². The smallest absolute Gasteiger partial charge is 0.465 e. The predicted molar refractivity (Wildman–Crippen MR) is 181 cm³/mol. The molecule has 0 fully saturated rings. The number of alkyl halides is 6. The van der Waals surface area contributed by atoms with Crippen molar-refractivity contribution in [3.05, 3.63) is 57.9 Å². The summed E-state index contributed by atoms with van der Waals surface area (Å²) in [5, 5.41) is 18.5. The van der Waals surface area contributed by atoms with Crippen LogP contribution in [0.3, 0.4) is 0 Å². The molecule has 0 aromatic carbocycles. The van der Waals surface area contributed by atoms with Gasteiger partial charge in [0.1, 0.15) is 4.88 Å². The molecule has 0 saturated heterocycles. The molecule has 0 radical (unpaired) electrons. The summed E-state index contributed by atoms with van der Waals surface area (Å²) >= 11 is 2.61. The minimum Gasteiger partial charge on any atom is -0.465 e. The van der Waals surface area contributed by atoms with Gasteiger partial charge in [-0.05, 0) is 23.0 Å². The van der Waals surface area contributed by atoms with Crippen LogP contribution >= 0.6 is 22.7 Å². The van der Waals surface area contributed by atoms with Gasteiger partial charge in [0.2, 0.25) is 0 Å². The standard InChI is InChI=1S/C10H13NO4S.C10H14O2S.C2F6O5S2.2C2H6.H2N2O3/c1-10(2,3)7-5-6(11(13)14)8(16-7)9(12)15-4;1-10(2,3)8-6-5-7(13-8)9(11)12-4;3-1(4,5)14(9,10)13-15(11,12)2(6,7)8;2*1-2;1-5-2(3)4/h5H,1-4H3;5-6H,1-4H3;;2*1-2H3;1H2. The molecule has 27 heteroatoms. The molecule has 53 heavy (non-hydrogen) atoms. The fourth-order valence-electron chi connectivity index (χ4n) is 2.27. The first-order valence-electron chi connectivity index (χ1n) is 14.1. The van der Waals surface area contributed by atoms with Crippen molar-refractivity contribution >= 4 is 60.5 Å². The number of esters is 2. The number of hydrogen-bond donors (Lipinski definition) is 1. The zero-order chi connectivity index (χ0) is 43.6. The minimum absolute atomic E-state index is 0.0532. The number of thiophene rings is 2. The highest BCUT2D eigenvalue weighted by Gasteiger charge is 2.57. The van der Waals surface area contributed by atoms with E-state index in [2.05, 4.69) is 41.1 Å².